The van der Waals surface area contributed by atoms with Crippen molar-refractivity contribution in [2.24, 2.45) is 29.0 Å². The Balaban J connectivity index is 0.00000988. The number of amides is 2. The number of piperazine rings is 2. The van der Waals surface area contributed by atoms with E-state index in [4.69, 9.17) is 52.8 Å². The van der Waals surface area contributed by atoms with Crippen molar-refractivity contribution in [2.45, 2.75) is 90.4 Å². The molecule has 0 radical (unpaired) electrons. The molecular formula is C49H77ClN17O6-. The Morgan fingerprint density at radius 2 is 1.22 bits per heavy atom. The molecule has 24 heteroatoms. The Hall–Kier alpha value is -5.74. The van der Waals surface area contributed by atoms with Gasteiger partial charge < -0.3 is 73.8 Å². The van der Waals surface area contributed by atoms with E-state index < -0.39 is 12.1 Å². The number of anilines is 3. The summed E-state index contributed by atoms with van der Waals surface area (Å²) in [4.78, 5) is 51.3. The summed E-state index contributed by atoms with van der Waals surface area (Å²) in [6.45, 7) is 15.1. The van der Waals surface area contributed by atoms with Gasteiger partial charge in [-0.2, -0.15) is 15.0 Å². The topological polar surface area (TPSA) is 285 Å². The lowest BCUT2D eigenvalue weighted by atomic mass is 9.98. The predicted octanol–water partition coefficient (Wildman–Crippen LogP) is -0.898. The number of ether oxygens (including phenoxy) is 3. The molecule has 3 aromatic heterocycles. The average molecular weight is 1040 g/mol. The highest BCUT2D eigenvalue weighted by Gasteiger charge is 2.34. The lowest BCUT2D eigenvalue weighted by molar-refractivity contribution is -0.136. The van der Waals surface area contributed by atoms with Crippen molar-refractivity contribution in [3.05, 3.63) is 53.6 Å². The second-order valence-corrected chi connectivity index (χ2v) is 18.5. The number of aromatic nitrogens is 9. The molecule has 0 spiro atoms. The summed E-state index contributed by atoms with van der Waals surface area (Å²) in [6, 6.07) is 5.01. The quantitative estimate of drug-likeness (QED) is 0.0326. The van der Waals surface area contributed by atoms with Crippen LogP contribution in [0.2, 0.25) is 0 Å². The van der Waals surface area contributed by atoms with Crippen LogP contribution in [-0.2, 0) is 30.2 Å². The first-order valence-electron chi connectivity index (χ1n) is 25.5. The Bertz CT molecular complexity index is 2300. The molecule has 4 aromatic rings. The molecule has 23 nitrogen and oxygen atoms in total. The van der Waals surface area contributed by atoms with Crippen LogP contribution in [0.1, 0.15) is 101 Å². The number of nitrogens with two attached hydrogens (primary N) is 3. The average Bonchev–Trinajstić information content (AvgIpc) is 4.11. The maximum absolute atomic E-state index is 14.5. The number of phenols is 1. The van der Waals surface area contributed by atoms with Crippen molar-refractivity contribution in [3.8, 4) is 18.1 Å². The number of benzene rings is 1. The SMILES string of the molecule is C#CCOCCOCCOCCNc1nc(N2CCN(C(=O)[C@H](CCCCN)n3cc([C@@H](N)C(C)CC)nn3)CC2)nc(N2CCN(C(=O)[C@H](Cc3ccc(O)cc3)n3cc([C@@H](N)C(C)CC)nn3)CC2)n1.[Cl-]. The lowest BCUT2D eigenvalue weighted by Crippen LogP contribution is -3.00. The van der Waals surface area contributed by atoms with Crippen LogP contribution in [0.3, 0.4) is 0 Å². The minimum absolute atomic E-state index is 0. The molecule has 8 N–H and O–H groups in total. The van der Waals surface area contributed by atoms with Crippen molar-refractivity contribution < 1.29 is 41.3 Å². The monoisotopic (exact) mass is 1030 g/mol. The molecule has 2 aliphatic heterocycles. The highest BCUT2D eigenvalue weighted by Crippen LogP contribution is 2.27. The Kier molecular flexibility index (Phi) is 23.8. The van der Waals surface area contributed by atoms with Crippen molar-refractivity contribution >= 4 is 29.7 Å². The van der Waals surface area contributed by atoms with E-state index in [9.17, 15) is 14.7 Å². The van der Waals surface area contributed by atoms with Gasteiger partial charge in [-0.15, -0.1) is 16.6 Å². The number of carbonyl (C=O) groups is 2. The van der Waals surface area contributed by atoms with Crippen LogP contribution in [0.25, 0.3) is 0 Å². The number of nitrogens with zero attached hydrogens (tertiary/aromatic N) is 13. The number of phenolic OH excluding ortho intramolecular Hbond substituents is 1. The van der Waals surface area contributed by atoms with Gasteiger partial charge in [0.1, 0.15) is 24.4 Å². The van der Waals surface area contributed by atoms with E-state index in [1.54, 1.807) is 39.8 Å². The third-order valence-corrected chi connectivity index (χ3v) is 13.6. The summed E-state index contributed by atoms with van der Waals surface area (Å²) in [7, 11) is 0. The molecule has 73 heavy (non-hydrogen) atoms. The predicted molar refractivity (Wildman–Crippen MR) is 273 cm³/mol. The molecule has 2 amide bonds. The number of hydrogen-bond acceptors (Lipinski definition) is 19. The third-order valence-electron chi connectivity index (χ3n) is 13.6. The van der Waals surface area contributed by atoms with Crippen LogP contribution in [0, 0.1) is 24.2 Å². The van der Waals surface area contributed by atoms with E-state index in [0.29, 0.717) is 141 Å². The Labute approximate surface area is 435 Å². The molecule has 402 valence electrons. The molecule has 1 aromatic carbocycles. The van der Waals surface area contributed by atoms with Crippen molar-refractivity contribution in [3.63, 3.8) is 0 Å². The number of nitrogens with one attached hydrogen (secondary N) is 1. The fourth-order valence-electron chi connectivity index (χ4n) is 8.48. The molecular weight excluding hydrogens is 958 g/mol. The lowest BCUT2D eigenvalue weighted by Gasteiger charge is -2.38. The highest BCUT2D eigenvalue weighted by atomic mass is 35.5. The van der Waals surface area contributed by atoms with Gasteiger partial charge in [-0.3, -0.25) is 9.59 Å². The van der Waals surface area contributed by atoms with E-state index in [1.807, 2.05) is 16.0 Å². The van der Waals surface area contributed by atoms with E-state index in [-0.39, 0.29) is 60.5 Å². The molecule has 2 saturated heterocycles. The number of carbonyl (C=O) groups excluding carboxylic acids is 2. The van der Waals surface area contributed by atoms with Crippen LogP contribution < -0.4 is 44.7 Å². The van der Waals surface area contributed by atoms with Crippen LogP contribution in [0.15, 0.2) is 36.7 Å². The molecule has 5 heterocycles. The van der Waals surface area contributed by atoms with Crippen molar-refractivity contribution in [1.82, 2.24) is 54.7 Å². The smallest absolute Gasteiger partial charge is 0.247 e. The Morgan fingerprint density at radius 1 is 0.726 bits per heavy atom. The number of unbranched alkanes of at least 4 members (excludes halogenated alkanes) is 1. The van der Waals surface area contributed by atoms with Gasteiger partial charge in [-0.25, -0.2) is 9.36 Å². The maximum Gasteiger partial charge on any atom is 0.247 e. The van der Waals surface area contributed by atoms with Gasteiger partial charge >= 0.3 is 0 Å². The summed E-state index contributed by atoms with van der Waals surface area (Å²) in [5.74, 6) is 4.14. The van der Waals surface area contributed by atoms with E-state index in [1.165, 1.54) is 0 Å². The molecule has 6 atom stereocenters. The number of hydrogen-bond donors (Lipinski definition) is 5. The number of aromatic hydroxyl groups is 1. The highest BCUT2D eigenvalue weighted by molar-refractivity contribution is 5.81. The van der Waals surface area contributed by atoms with Crippen LogP contribution in [0.4, 0.5) is 17.8 Å². The van der Waals surface area contributed by atoms with Crippen molar-refractivity contribution in [1.29, 1.82) is 0 Å². The molecule has 2 aliphatic rings. The van der Waals surface area contributed by atoms with Crippen LogP contribution >= 0.6 is 0 Å². The maximum atomic E-state index is 14.5. The zero-order chi connectivity index (χ0) is 51.4. The number of rotatable bonds is 29. The van der Waals surface area contributed by atoms with Gasteiger partial charge in [-0.1, -0.05) is 69.0 Å². The van der Waals surface area contributed by atoms with Crippen LogP contribution in [-0.4, -0.2) is 177 Å². The van der Waals surface area contributed by atoms with Gasteiger partial charge in [0, 0.05) is 65.3 Å². The largest absolute Gasteiger partial charge is 1.00 e. The number of terminal acetylenes is 1. The normalized spacial score (nSPS) is 16.5. The summed E-state index contributed by atoms with van der Waals surface area (Å²) in [6.07, 6.45) is 13.1. The van der Waals surface area contributed by atoms with Gasteiger partial charge in [0.15, 0.2) is 0 Å². The molecule has 0 saturated carbocycles. The van der Waals surface area contributed by atoms with Crippen molar-refractivity contribution in [2.75, 3.05) is 120 Å². The number of halogens is 1. The first-order valence-corrected chi connectivity index (χ1v) is 25.5. The third kappa shape index (κ3) is 16.6. The fourth-order valence-corrected chi connectivity index (χ4v) is 8.48. The van der Waals surface area contributed by atoms with E-state index in [2.05, 4.69) is 69.4 Å². The zero-order valence-electron chi connectivity index (χ0n) is 43.0. The van der Waals surface area contributed by atoms with Gasteiger partial charge in [-0.05, 0) is 55.3 Å². The first kappa shape index (κ1) is 58.2. The fraction of sp³-hybridized carbons (Fsp3) is 0.653. The van der Waals surface area contributed by atoms with E-state index >= 15 is 0 Å². The molecule has 6 rings (SSSR count). The van der Waals surface area contributed by atoms with E-state index in [0.717, 1.165) is 31.2 Å². The summed E-state index contributed by atoms with van der Waals surface area (Å²) in [5, 5.41) is 30.9. The Morgan fingerprint density at radius 3 is 1.73 bits per heavy atom. The van der Waals surface area contributed by atoms with Crippen LogP contribution in [0.5, 0.6) is 5.75 Å². The molecule has 0 bridgehead atoms. The molecule has 0 aliphatic carbocycles. The second-order valence-electron chi connectivity index (χ2n) is 18.5. The zero-order valence-corrected chi connectivity index (χ0v) is 43.7. The minimum atomic E-state index is -0.693. The molecule has 2 unspecified atom stereocenters. The minimum Gasteiger partial charge on any atom is -1.00 e. The summed E-state index contributed by atoms with van der Waals surface area (Å²) in [5.41, 5.74) is 21.1. The summed E-state index contributed by atoms with van der Waals surface area (Å²) >= 11 is 0. The first-order chi connectivity index (χ1) is 34.9. The summed E-state index contributed by atoms with van der Waals surface area (Å²) < 4.78 is 19.9. The second kappa shape index (κ2) is 29.8. The molecule has 2 fully saturated rings. The standard InChI is InChI=1S/C49H77N17O6.ClH/c1-6-26-70-28-30-72-31-29-71-27-17-53-47-54-48(63-22-18-61(19-23-63)45(68)41(11-9-10-16-50)65-33-39(57-59-65)43(51)35(4)7-2)56-49(55-47)64-24-20-62(21-25-64)46(69)42(32-37-12-14-38(67)15-13-37)66-34-40(58-60-66)44(52)36(5)8-3;/h1,12-15,33-36,41-44,67H,7-11,16-32,50-52H2,2-5H3,(H,53,54,55,56);1H/p-1/t35?,36?,41-,42-,43-,44-;/m0./s1. The van der Waals surface area contributed by atoms with Gasteiger partial charge in [0.2, 0.25) is 29.7 Å². The van der Waals surface area contributed by atoms with Gasteiger partial charge in [0.05, 0.1) is 68.9 Å². The van der Waals surface area contributed by atoms with Gasteiger partial charge in [0.25, 0.3) is 0 Å².